The highest BCUT2D eigenvalue weighted by molar-refractivity contribution is 5.59. The molecule has 1 saturated heterocycles. The molecular formula is C19H21F3N2O. The van der Waals surface area contributed by atoms with Crippen LogP contribution in [0.5, 0.6) is 0 Å². The van der Waals surface area contributed by atoms with Gasteiger partial charge in [0, 0.05) is 24.8 Å². The Labute approximate surface area is 145 Å². The minimum Gasteiger partial charge on any atom is -0.379 e. The van der Waals surface area contributed by atoms with Crippen LogP contribution in [0.2, 0.25) is 0 Å². The molecule has 0 saturated carbocycles. The third-order valence-electron chi connectivity index (χ3n) is 4.38. The lowest BCUT2D eigenvalue weighted by Crippen LogP contribution is -2.36. The monoisotopic (exact) mass is 350 g/mol. The molecule has 0 aliphatic carbocycles. The first-order valence-corrected chi connectivity index (χ1v) is 8.45. The summed E-state index contributed by atoms with van der Waals surface area (Å²) in [7, 11) is 0. The Hall–Kier alpha value is -1.92. The van der Waals surface area contributed by atoms with Crippen molar-refractivity contribution < 1.29 is 17.9 Å². The summed E-state index contributed by atoms with van der Waals surface area (Å²) in [6, 6.07) is 10.4. The molecular weight excluding hydrogens is 329 g/mol. The minimum atomic E-state index is -4.35. The van der Waals surface area contributed by atoms with Gasteiger partial charge in [-0.15, -0.1) is 0 Å². The maximum atomic E-state index is 12.6. The van der Waals surface area contributed by atoms with Gasteiger partial charge in [-0.1, -0.05) is 24.3 Å². The number of aromatic nitrogens is 1. The Bertz CT molecular complexity index is 663. The molecule has 0 unspecified atom stereocenters. The second-order valence-corrected chi connectivity index (χ2v) is 6.18. The van der Waals surface area contributed by atoms with Gasteiger partial charge >= 0.3 is 6.18 Å². The number of hydrogen-bond acceptors (Lipinski definition) is 3. The molecule has 0 radical (unpaired) electrons. The van der Waals surface area contributed by atoms with Gasteiger partial charge in [0.2, 0.25) is 0 Å². The third kappa shape index (κ3) is 5.03. The van der Waals surface area contributed by atoms with E-state index in [1.54, 1.807) is 0 Å². The first-order valence-electron chi connectivity index (χ1n) is 8.45. The van der Waals surface area contributed by atoms with Gasteiger partial charge in [-0.05, 0) is 37.1 Å². The molecule has 2 heterocycles. The van der Waals surface area contributed by atoms with Crippen LogP contribution in [-0.4, -0.2) is 42.7 Å². The highest BCUT2D eigenvalue weighted by Gasteiger charge is 2.30. The number of ether oxygens (including phenoxy) is 1. The van der Waals surface area contributed by atoms with Crippen molar-refractivity contribution in [1.82, 2.24) is 9.88 Å². The number of morpholine rings is 1. The molecule has 0 N–H and O–H groups in total. The molecule has 1 aromatic carbocycles. The lowest BCUT2D eigenvalue weighted by molar-refractivity contribution is -0.137. The molecule has 0 amide bonds. The molecule has 0 spiro atoms. The van der Waals surface area contributed by atoms with Crippen LogP contribution in [0, 0.1) is 0 Å². The first kappa shape index (κ1) is 17.9. The normalized spacial score (nSPS) is 16.1. The van der Waals surface area contributed by atoms with Crippen LogP contribution in [0.3, 0.4) is 0 Å². The summed E-state index contributed by atoms with van der Waals surface area (Å²) in [6.45, 7) is 4.69. The van der Waals surface area contributed by atoms with E-state index in [-0.39, 0.29) is 0 Å². The van der Waals surface area contributed by atoms with Crippen molar-refractivity contribution in [2.24, 2.45) is 0 Å². The lowest BCUT2D eigenvalue weighted by Gasteiger charge is -2.26. The van der Waals surface area contributed by atoms with Gasteiger partial charge in [0.15, 0.2) is 0 Å². The van der Waals surface area contributed by atoms with Crippen molar-refractivity contribution in [2.75, 3.05) is 32.8 Å². The van der Waals surface area contributed by atoms with Crippen molar-refractivity contribution in [2.45, 2.75) is 19.0 Å². The summed E-state index contributed by atoms with van der Waals surface area (Å²) in [5.74, 6) is 0. The van der Waals surface area contributed by atoms with Crippen molar-refractivity contribution >= 4 is 0 Å². The molecule has 1 aliphatic heterocycles. The van der Waals surface area contributed by atoms with E-state index in [1.807, 2.05) is 24.3 Å². The highest BCUT2D eigenvalue weighted by Crippen LogP contribution is 2.29. The Kier molecular flexibility index (Phi) is 5.71. The molecule has 1 aromatic heterocycles. The van der Waals surface area contributed by atoms with E-state index in [9.17, 15) is 13.2 Å². The summed E-state index contributed by atoms with van der Waals surface area (Å²) in [5, 5.41) is 0. The van der Waals surface area contributed by atoms with Crippen molar-refractivity contribution in [3.63, 3.8) is 0 Å². The smallest absolute Gasteiger partial charge is 0.379 e. The Balaban J connectivity index is 1.54. The van der Waals surface area contributed by atoms with Crippen LogP contribution < -0.4 is 0 Å². The van der Waals surface area contributed by atoms with Gasteiger partial charge in [-0.25, -0.2) is 0 Å². The summed E-state index contributed by atoms with van der Waals surface area (Å²) in [4.78, 5) is 6.34. The van der Waals surface area contributed by atoms with Gasteiger partial charge in [0.05, 0.1) is 24.5 Å². The number of rotatable bonds is 5. The number of hydrogen-bond donors (Lipinski definition) is 0. The van der Waals surface area contributed by atoms with Crippen molar-refractivity contribution in [1.29, 1.82) is 0 Å². The first-order chi connectivity index (χ1) is 12.0. The van der Waals surface area contributed by atoms with Gasteiger partial charge in [-0.2, -0.15) is 13.2 Å². The lowest BCUT2D eigenvalue weighted by atomic mass is 10.0. The molecule has 0 bridgehead atoms. The van der Waals surface area contributed by atoms with E-state index in [1.165, 1.54) is 11.6 Å². The molecule has 0 atom stereocenters. The average molecular weight is 350 g/mol. The van der Waals surface area contributed by atoms with E-state index in [0.29, 0.717) is 5.69 Å². The third-order valence-corrected chi connectivity index (χ3v) is 4.38. The Morgan fingerprint density at radius 3 is 2.32 bits per heavy atom. The van der Waals surface area contributed by atoms with E-state index in [2.05, 4.69) is 9.88 Å². The van der Waals surface area contributed by atoms with Crippen LogP contribution in [0.15, 0.2) is 42.6 Å². The number of nitrogens with zero attached hydrogens (tertiary/aromatic N) is 2. The zero-order valence-electron chi connectivity index (χ0n) is 13.9. The van der Waals surface area contributed by atoms with E-state index >= 15 is 0 Å². The van der Waals surface area contributed by atoms with Gasteiger partial charge < -0.3 is 4.74 Å². The van der Waals surface area contributed by atoms with Gasteiger partial charge in [0.1, 0.15) is 0 Å². The average Bonchev–Trinajstić information content (AvgIpc) is 2.63. The number of aryl methyl sites for hydroxylation is 1. The maximum absolute atomic E-state index is 12.6. The molecule has 6 heteroatoms. The number of alkyl halides is 3. The fourth-order valence-corrected chi connectivity index (χ4v) is 2.91. The SMILES string of the molecule is FC(F)(F)c1ccc(-c2ccc(CCCN3CCOCC3)cc2)nc1. The summed E-state index contributed by atoms with van der Waals surface area (Å²) in [5.41, 5.74) is 1.87. The fourth-order valence-electron chi connectivity index (χ4n) is 2.91. The van der Waals surface area contributed by atoms with Crippen molar-refractivity contribution in [3.8, 4) is 11.3 Å². The van der Waals surface area contributed by atoms with Gasteiger partial charge in [-0.3, -0.25) is 9.88 Å². The standard InChI is InChI=1S/C19H21F3N2O/c20-19(21,22)17-7-8-18(23-14-17)16-5-3-15(4-6-16)2-1-9-24-10-12-25-13-11-24/h3-8,14H,1-2,9-13H2. The van der Waals surface area contributed by atoms with Crippen LogP contribution in [0.4, 0.5) is 13.2 Å². The zero-order chi connectivity index (χ0) is 17.7. The zero-order valence-corrected chi connectivity index (χ0v) is 13.9. The summed E-state index contributed by atoms with van der Waals surface area (Å²) >= 11 is 0. The molecule has 1 fully saturated rings. The number of pyridine rings is 1. The molecule has 25 heavy (non-hydrogen) atoms. The molecule has 1 aliphatic rings. The quantitative estimate of drug-likeness (QED) is 0.814. The summed E-state index contributed by atoms with van der Waals surface area (Å²) < 4.78 is 43.1. The molecule has 3 nitrogen and oxygen atoms in total. The Morgan fingerprint density at radius 1 is 1.00 bits per heavy atom. The largest absolute Gasteiger partial charge is 0.417 e. The van der Waals surface area contributed by atoms with Crippen LogP contribution in [0.1, 0.15) is 17.5 Å². The van der Waals surface area contributed by atoms with Crippen LogP contribution >= 0.6 is 0 Å². The van der Waals surface area contributed by atoms with Crippen LogP contribution in [0.25, 0.3) is 11.3 Å². The minimum absolute atomic E-state index is 0.549. The Morgan fingerprint density at radius 2 is 1.72 bits per heavy atom. The predicted molar refractivity (Wildman–Crippen MR) is 90.3 cm³/mol. The van der Waals surface area contributed by atoms with Gasteiger partial charge in [0.25, 0.3) is 0 Å². The second-order valence-electron chi connectivity index (χ2n) is 6.18. The van der Waals surface area contributed by atoms with Crippen molar-refractivity contribution in [3.05, 3.63) is 53.7 Å². The molecule has 134 valence electrons. The van der Waals surface area contributed by atoms with E-state index < -0.39 is 11.7 Å². The van der Waals surface area contributed by atoms with E-state index in [0.717, 1.165) is 63.5 Å². The maximum Gasteiger partial charge on any atom is 0.417 e. The summed E-state index contributed by atoms with van der Waals surface area (Å²) in [6.07, 6.45) is -1.41. The van der Waals surface area contributed by atoms with E-state index in [4.69, 9.17) is 4.74 Å². The highest BCUT2D eigenvalue weighted by atomic mass is 19.4. The molecule has 2 aromatic rings. The predicted octanol–water partition coefficient (Wildman–Crippen LogP) is 4.03. The number of halogens is 3. The second kappa shape index (κ2) is 7.97. The fraction of sp³-hybridized carbons (Fsp3) is 0.421. The topological polar surface area (TPSA) is 25.4 Å². The molecule has 3 rings (SSSR count). The van der Waals surface area contributed by atoms with Crippen LogP contribution in [-0.2, 0) is 17.3 Å². The number of benzene rings is 1.